The Morgan fingerprint density at radius 1 is 1.74 bits per heavy atom. The van der Waals surface area contributed by atoms with E-state index in [1.807, 2.05) is 11.8 Å². The van der Waals surface area contributed by atoms with Crippen molar-refractivity contribution in [2.45, 2.75) is 19.0 Å². The highest BCUT2D eigenvalue weighted by atomic mass is 79.9. The molecule has 19 heavy (non-hydrogen) atoms. The van der Waals surface area contributed by atoms with E-state index < -0.39 is 0 Å². The zero-order chi connectivity index (χ0) is 13.7. The topological polar surface area (TPSA) is 56.2 Å². The summed E-state index contributed by atoms with van der Waals surface area (Å²) >= 11 is 5.30. The number of hydrogen-bond donors (Lipinski definition) is 1. The van der Waals surface area contributed by atoms with Crippen LogP contribution in [0.4, 0.5) is 0 Å². The fourth-order valence-electron chi connectivity index (χ4n) is 2.06. The average molecular weight is 348 g/mol. The lowest BCUT2D eigenvalue weighted by Crippen LogP contribution is -2.39. The summed E-state index contributed by atoms with van der Waals surface area (Å²) in [4.78, 5) is 12.4. The summed E-state index contributed by atoms with van der Waals surface area (Å²) in [6, 6.07) is 0.268. The van der Waals surface area contributed by atoms with Gasteiger partial charge in [0.1, 0.15) is 5.69 Å². The molecule has 0 bridgehead atoms. The fourth-order valence-corrected chi connectivity index (χ4v) is 3.52. The summed E-state index contributed by atoms with van der Waals surface area (Å²) in [5, 5.41) is 7.59. The van der Waals surface area contributed by atoms with Crippen LogP contribution in [-0.2, 0) is 11.3 Å². The standard InChI is InChI=1S/C12H18BrN3O2S/c1-18-4-3-16-12(10(13)7-15-16)11(17)6-9-8-19-5-2-14-9/h7,9,14H,2-6,8H2,1H3. The van der Waals surface area contributed by atoms with Crippen LogP contribution < -0.4 is 5.32 Å². The van der Waals surface area contributed by atoms with Crippen LogP contribution in [0.3, 0.4) is 0 Å². The number of carbonyl (C=O) groups excluding carboxylic acids is 1. The zero-order valence-corrected chi connectivity index (χ0v) is 13.3. The summed E-state index contributed by atoms with van der Waals surface area (Å²) in [5.74, 6) is 2.25. The number of methoxy groups -OCH3 is 1. The predicted octanol–water partition coefficient (Wildman–Crippen LogP) is 1.57. The minimum Gasteiger partial charge on any atom is -0.383 e. The minimum atomic E-state index is 0.125. The second kappa shape index (κ2) is 7.42. The second-order valence-corrected chi connectivity index (χ2v) is 6.41. The van der Waals surface area contributed by atoms with Crippen molar-refractivity contribution in [3.05, 3.63) is 16.4 Å². The maximum Gasteiger partial charge on any atom is 0.183 e. The SMILES string of the molecule is COCCn1ncc(Br)c1C(=O)CC1CSCCN1. The van der Waals surface area contributed by atoms with Gasteiger partial charge in [-0.05, 0) is 15.9 Å². The molecule has 0 amide bonds. The summed E-state index contributed by atoms with van der Waals surface area (Å²) < 4.78 is 7.51. The Labute approximate surface area is 125 Å². The van der Waals surface area contributed by atoms with Crippen molar-refractivity contribution in [2.24, 2.45) is 0 Å². The molecule has 1 unspecified atom stereocenters. The molecule has 7 heteroatoms. The smallest absolute Gasteiger partial charge is 0.183 e. The Bertz CT molecular complexity index is 433. The molecule has 106 valence electrons. The largest absolute Gasteiger partial charge is 0.383 e. The van der Waals surface area contributed by atoms with Crippen molar-refractivity contribution in [1.29, 1.82) is 0 Å². The van der Waals surface area contributed by atoms with Crippen molar-refractivity contribution >= 4 is 33.5 Å². The van der Waals surface area contributed by atoms with Gasteiger partial charge in [-0.3, -0.25) is 9.48 Å². The first kappa shape index (κ1) is 15.0. The molecule has 0 aliphatic carbocycles. The monoisotopic (exact) mass is 347 g/mol. The molecular formula is C12H18BrN3O2S. The molecule has 0 aromatic carbocycles. The maximum absolute atomic E-state index is 12.4. The Kier molecular flexibility index (Phi) is 5.87. The van der Waals surface area contributed by atoms with Crippen LogP contribution in [0.2, 0.25) is 0 Å². The Balaban J connectivity index is 2.02. The van der Waals surface area contributed by atoms with Crippen molar-refractivity contribution < 1.29 is 9.53 Å². The number of ether oxygens (including phenoxy) is 1. The number of thioether (sulfide) groups is 1. The highest BCUT2D eigenvalue weighted by Crippen LogP contribution is 2.20. The van der Waals surface area contributed by atoms with Crippen LogP contribution in [-0.4, -0.2) is 53.4 Å². The van der Waals surface area contributed by atoms with E-state index in [1.165, 1.54) is 0 Å². The molecule has 2 rings (SSSR count). The lowest BCUT2D eigenvalue weighted by molar-refractivity contribution is 0.0957. The highest BCUT2D eigenvalue weighted by molar-refractivity contribution is 9.10. The molecule has 1 aromatic rings. The van der Waals surface area contributed by atoms with Gasteiger partial charge in [-0.1, -0.05) is 0 Å². The molecule has 2 heterocycles. The van der Waals surface area contributed by atoms with Gasteiger partial charge in [0.25, 0.3) is 0 Å². The molecule has 0 spiro atoms. The van der Waals surface area contributed by atoms with Gasteiger partial charge >= 0.3 is 0 Å². The van der Waals surface area contributed by atoms with Crippen LogP contribution in [0.1, 0.15) is 16.9 Å². The number of ketones is 1. The van der Waals surface area contributed by atoms with Crippen molar-refractivity contribution in [3.63, 3.8) is 0 Å². The number of rotatable bonds is 6. The van der Waals surface area contributed by atoms with Gasteiger partial charge in [-0.25, -0.2) is 0 Å². The third kappa shape index (κ3) is 4.05. The van der Waals surface area contributed by atoms with Gasteiger partial charge in [0.05, 0.1) is 23.8 Å². The van der Waals surface area contributed by atoms with Crippen LogP contribution in [0, 0.1) is 0 Å². The van der Waals surface area contributed by atoms with Crippen LogP contribution in [0.5, 0.6) is 0 Å². The molecular weight excluding hydrogens is 330 g/mol. The van der Waals surface area contributed by atoms with E-state index in [4.69, 9.17) is 4.74 Å². The van der Waals surface area contributed by atoms with Crippen LogP contribution in [0.15, 0.2) is 10.7 Å². The zero-order valence-electron chi connectivity index (χ0n) is 10.9. The van der Waals surface area contributed by atoms with Gasteiger partial charge in [-0.2, -0.15) is 16.9 Å². The van der Waals surface area contributed by atoms with Gasteiger partial charge in [0.15, 0.2) is 5.78 Å². The number of nitrogens with one attached hydrogen (secondary N) is 1. The van der Waals surface area contributed by atoms with E-state index in [2.05, 4.69) is 26.3 Å². The van der Waals surface area contributed by atoms with Gasteiger partial charge in [0.2, 0.25) is 0 Å². The maximum atomic E-state index is 12.4. The predicted molar refractivity (Wildman–Crippen MR) is 79.9 cm³/mol. The van der Waals surface area contributed by atoms with Crippen molar-refractivity contribution in [2.75, 3.05) is 31.8 Å². The van der Waals surface area contributed by atoms with Crippen molar-refractivity contribution in [3.8, 4) is 0 Å². The van der Waals surface area contributed by atoms with E-state index >= 15 is 0 Å². The van der Waals surface area contributed by atoms with E-state index in [0.717, 1.165) is 22.5 Å². The lowest BCUT2D eigenvalue weighted by Gasteiger charge is -2.22. The molecule has 1 aliphatic rings. The third-order valence-corrected chi connectivity index (χ3v) is 4.71. The van der Waals surface area contributed by atoms with Crippen LogP contribution >= 0.6 is 27.7 Å². The first-order valence-electron chi connectivity index (χ1n) is 6.27. The quantitative estimate of drug-likeness (QED) is 0.791. The fraction of sp³-hybridized carbons (Fsp3) is 0.667. The Morgan fingerprint density at radius 2 is 2.58 bits per heavy atom. The van der Waals surface area contributed by atoms with E-state index in [9.17, 15) is 4.79 Å². The van der Waals surface area contributed by atoms with Gasteiger partial charge in [0, 0.05) is 37.6 Å². The molecule has 0 radical (unpaired) electrons. The second-order valence-electron chi connectivity index (χ2n) is 4.41. The van der Waals surface area contributed by atoms with E-state index in [1.54, 1.807) is 18.0 Å². The summed E-state index contributed by atoms with van der Waals surface area (Å²) in [7, 11) is 1.64. The van der Waals surface area contributed by atoms with Crippen molar-refractivity contribution in [1.82, 2.24) is 15.1 Å². The summed E-state index contributed by atoms with van der Waals surface area (Å²) in [5.41, 5.74) is 0.648. The number of carbonyl (C=O) groups is 1. The van der Waals surface area contributed by atoms with Crippen LogP contribution in [0.25, 0.3) is 0 Å². The number of nitrogens with zero attached hydrogens (tertiary/aromatic N) is 2. The lowest BCUT2D eigenvalue weighted by atomic mass is 10.1. The number of aromatic nitrogens is 2. The van der Waals surface area contributed by atoms with E-state index in [-0.39, 0.29) is 11.8 Å². The molecule has 1 N–H and O–H groups in total. The molecule has 1 aromatic heterocycles. The first-order valence-corrected chi connectivity index (χ1v) is 8.21. The molecule has 1 aliphatic heterocycles. The Morgan fingerprint density at radius 3 is 3.26 bits per heavy atom. The average Bonchev–Trinajstić information content (AvgIpc) is 2.78. The first-order chi connectivity index (χ1) is 9.22. The minimum absolute atomic E-state index is 0.125. The molecule has 1 atom stereocenters. The Hall–Kier alpha value is -0.370. The van der Waals surface area contributed by atoms with E-state index in [0.29, 0.717) is 25.3 Å². The van der Waals surface area contributed by atoms with Gasteiger partial charge in [-0.15, -0.1) is 0 Å². The summed E-state index contributed by atoms with van der Waals surface area (Å²) in [6.07, 6.45) is 2.19. The highest BCUT2D eigenvalue weighted by Gasteiger charge is 2.22. The number of halogens is 1. The molecule has 5 nitrogen and oxygen atoms in total. The molecule has 1 fully saturated rings. The molecule has 1 saturated heterocycles. The number of Topliss-reactive ketones (excluding diaryl/α,β-unsaturated/α-hetero) is 1. The summed E-state index contributed by atoms with van der Waals surface area (Å²) in [6.45, 7) is 2.12. The number of hydrogen-bond acceptors (Lipinski definition) is 5. The molecule has 0 saturated carbocycles. The van der Waals surface area contributed by atoms with Gasteiger partial charge < -0.3 is 10.1 Å². The third-order valence-electron chi connectivity index (χ3n) is 3.00. The normalized spacial score (nSPS) is 19.6.